The van der Waals surface area contributed by atoms with Gasteiger partial charge in [-0.3, -0.25) is 4.79 Å². The molecule has 0 saturated carbocycles. The summed E-state index contributed by atoms with van der Waals surface area (Å²) >= 11 is 1.58. The van der Waals surface area contributed by atoms with Gasteiger partial charge in [0, 0.05) is 12.0 Å². The molecule has 3 rings (SSSR count). The third-order valence-electron chi connectivity index (χ3n) is 3.27. The molecule has 1 aromatic heterocycles. The molecule has 2 aromatic carbocycles. The SMILES string of the molecule is COc1ccccc1CC(=O)Cc1nc2ccccc2s1. The van der Waals surface area contributed by atoms with Gasteiger partial charge in [-0.25, -0.2) is 4.98 Å². The highest BCUT2D eigenvalue weighted by Gasteiger charge is 2.12. The Morgan fingerprint density at radius 3 is 2.67 bits per heavy atom. The van der Waals surface area contributed by atoms with Crippen LogP contribution in [-0.2, 0) is 17.6 Å². The van der Waals surface area contributed by atoms with Gasteiger partial charge >= 0.3 is 0 Å². The summed E-state index contributed by atoms with van der Waals surface area (Å²) in [6, 6.07) is 15.6. The van der Waals surface area contributed by atoms with Crippen LogP contribution < -0.4 is 4.74 Å². The van der Waals surface area contributed by atoms with Gasteiger partial charge in [-0.2, -0.15) is 0 Å². The molecular formula is C17H15NO2S. The van der Waals surface area contributed by atoms with Gasteiger partial charge in [0.2, 0.25) is 0 Å². The molecule has 0 aliphatic carbocycles. The predicted octanol–water partition coefficient (Wildman–Crippen LogP) is 3.66. The highest BCUT2D eigenvalue weighted by atomic mass is 32.1. The van der Waals surface area contributed by atoms with E-state index in [1.165, 1.54) is 0 Å². The molecule has 106 valence electrons. The highest BCUT2D eigenvalue weighted by Crippen LogP contribution is 2.23. The number of rotatable bonds is 5. The first-order valence-corrected chi connectivity index (χ1v) is 7.56. The minimum atomic E-state index is 0.151. The zero-order chi connectivity index (χ0) is 14.7. The maximum absolute atomic E-state index is 12.2. The van der Waals surface area contributed by atoms with Gasteiger partial charge in [0.1, 0.15) is 16.5 Å². The largest absolute Gasteiger partial charge is 0.496 e. The number of fused-ring (bicyclic) bond motifs is 1. The van der Waals surface area contributed by atoms with Crippen LogP contribution in [0.15, 0.2) is 48.5 Å². The lowest BCUT2D eigenvalue weighted by atomic mass is 10.1. The zero-order valence-electron chi connectivity index (χ0n) is 11.7. The van der Waals surface area contributed by atoms with Gasteiger partial charge in [0.25, 0.3) is 0 Å². The molecule has 3 aromatic rings. The summed E-state index contributed by atoms with van der Waals surface area (Å²) in [4.78, 5) is 16.7. The third-order valence-corrected chi connectivity index (χ3v) is 4.30. The minimum Gasteiger partial charge on any atom is -0.496 e. The summed E-state index contributed by atoms with van der Waals surface area (Å²) in [6.07, 6.45) is 0.747. The lowest BCUT2D eigenvalue weighted by Crippen LogP contribution is -2.07. The second kappa shape index (κ2) is 6.06. The second-order valence-corrected chi connectivity index (χ2v) is 5.89. The lowest BCUT2D eigenvalue weighted by Gasteiger charge is -2.06. The van der Waals surface area contributed by atoms with E-state index in [-0.39, 0.29) is 5.78 Å². The second-order valence-electron chi connectivity index (χ2n) is 4.78. The topological polar surface area (TPSA) is 39.2 Å². The maximum atomic E-state index is 12.2. The number of hydrogen-bond donors (Lipinski definition) is 0. The Kier molecular flexibility index (Phi) is 3.97. The fourth-order valence-corrected chi connectivity index (χ4v) is 3.28. The molecule has 4 heteroatoms. The first-order valence-electron chi connectivity index (χ1n) is 6.74. The quantitative estimate of drug-likeness (QED) is 0.721. The average Bonchev–Trinajstić information content (AvgIpc) is 2.89. The van der Waals surface area contributed by atoms with Crippen LogP contribution in [0, 0.1) is 0 Å². The van der Waals surface area contributed by atoms with Crippen molar-refractivity contribution in [1.29, 1.82) is 0 Å². The summed E-state index contributed by atoms with van der Waals surface area (Å²) in [7, 11) is 1.62. The number of carbonyl (C=O) groups excluding carboxylic acids is 1. The van der Waals surface area contributed by atoms with E-state index in [4.69, 9.17) is 4.74 Å². The number of nitrogens with zero attached hydrogens (tertiary/aromatic N) is 1. The maximum Gasteiger partial charge on any atom is 0.144 e. The van der Waals surface area contributed by atoms with Crippen LogP contribution in [-0.4, -0.2) is 17.9 Å². The molecule has 1 heterocycles. The summed E-state index contributed by atoms with van der Waals surface area (Å²) in [6.45, 7) is 0. The van der Waals surface area contributed by atoms with Crippen molar-refractivity contribution in [1.82, 2.24) is 4.98 Å². The normalized spacial score (nSPS) is 10.7. The number of carbonyl (C=O) groups is 1. The summed E-state index contributed by atoms with van der Waals surface area (Å²) in [5.41, 5.74) is 1.88. The zero-order valence-corrected chi connectivity index (χ0v) is 12.5. The molecule has 0 spiro atoms. The Labute approximate surface area is 127 Å². The Bertz CT molecular complexity index is 746. The van der Waals surface area contributed by atoms with Gasteiger partial charge in [0.05, 0.1) is 23.7 Å². The van der Waals surface area contributed by atoms with Crippen molar-refractivity contribution in [3.63, 3.8) is 0 Å². The van der Waals surface area contributed by atoms with E-state index in [2.05, 4.69) is 4.98 Å². The molecule has 0 N–H and O–H groups in total. The average molecular weight is 297 g/mol. The van der Waals surface area contributed by atoms with E-state index >= 15 is 0 Å². The van der Waals surface area contributed by atoms with Crippen molar-refractivity contribution in [3.8, 4) is 5.75 Å². The fourth-order valence-electron chi connectivity index (χ4n) is 2.29. The molecule has 0 unspecified atom stereocenters. The molecule has 0 radical (unpaired) electrons. The van der Waals surface area contributed by atoms with E-state index in [0.717, 1.165) is 26.5 Å². The van der Waals surface area contributed by atoms with Gasteiger partial charge in [0.15, 0.2) is 0 Å². The number of ketones is 1. The first kappa shape index (κ1) is 13.8. The lowest BCUT2D eigenvalue weighted by molar-refractivity contribution is -0.117. The van der Waals surface area contributed by atoms with Crippen molar-refractivity contribution in [3.05, 3.63) is 59.1 Å². The van der Waals surface area contributed by atoms with Crippen LogP contribution in [0.2, 0.25) is 0 Å². The van der Waals surface area contributed by atoms with Crippen LogP contribution in [0.1, 0.15) is 10.6 Å². The Hall–Kier alpha value is -2.20. The number of benzene rings is 2. The van der Waals surface area contributed by atoms with Crippen LogP contribution in [0.4, 0.5) is 0 Å². The predicted molar refractivity (Wildman–Crippen MR) is 85.0 cm³/mol. The Morgan fingerprint density at radius 1 is 1.10 bits per heavy atom. The van der Waals surface area contributed by atoms with Crippen molar-refractivity contribution < 1.29 is 9.53 Å². The molecule has 21 heavy (non-hydrogen) atoms. The summed E-state index contributed by atoms with van der Waals surface area (Å²) in [5.74, 6) is 0.911. The highest BCUT2D eigenvalue weighted by molar-refractivity contribution is 7.18. The smallest absolute Gasteiger partial charge is 0.144 e. The van der Waals surface area contributed by atoms with Gasteiger partial charge in [-0.05, 0) is 18.2 Å². The third kappa shape index (κ3) is 3.11. The number of hydrogen-bond acceptors (Lipinski definition) is 4. The molecule has 0 saturated heterocycles. The number of ether oxygens (including phenoxy) is 1. The van der Waals surface area contributed by atoms with Gasteiger partial charge in [-0.1, -0.05) is 30.3 Å². The number of para-hydroxylation sites is 2. The standard InChI is InChI=1S/C17H15NO2S/c1-20-15-8-4-2-6-12(15)10-13(19)11-17-18-14-7-3-5-9-16(14)21-17/h2-9H,10-11H2,1H3. The number of thiazole rings is 1. The molecule has 0 bridgehead atoms. The van der Waals surface area contributed by atoms with Crippen LogP contribution in [0.3, 0.4) is 0 Å². The van der Waals surface area contributed by atoms with Crippen molar-refractivity contribution in [2.75, 3.05) is 7.11 Å². The van der Waals surface area contributed by atoms with E-state index in [9.17, 15) is 4.79 Å². The van der Waals surface area contributed by atoms with Crippen LogP contribution in [0.5, 0.6) is 5.75 Å². The van der Waals surface area contributed by atoms with E-state index in [0.29, 0.717) is 12.8 Å². The molecule has 0 aliphatic heterocycles. The molecule has 0 atom stereocenters. The van der Waals surface area contributed by atoms with E-state index in [1.807, 2.05) is 48.5 Å². The molecule has 0 fully saturated rings. The number of aromatic nitrogens is 1. The monoisotopic (exact) mass is 297 g/mol. The molecular weight excluding hydrogens is 282 g/mol. The van der Waals surface area contributed by atoms with Gasteiger partial charge in [-0.15, -0.1) is 11.3 Å². The van der Waals surface area contributed by atoms with Crippen molar-refractivity contribution in [2.45, 2.75) is 12.8 Å². The molecule has 3 nitrogen and oxygen atoms in total. The Balaban J connectivity index is 1.74. The van der Waals surface area contributed by atoms with Crippen molar-refractivity contribution >= 4 is 27.3 Å². The van der Waals surface area contributed by atoms with Gasteiger partial charge < -0.3 is 4.74 Å². The Morgan fingerprint density at radius 2 is 1.86 bits per heavy atom. The van der Waals surface area contributed by atoms with E-state index < -0.39 is 0 Å². The minimum absolute atomic E-state index is 0.151. The van der Waals surface area contributed by atoms with E-state index in [1.54, 1.807) is 18.4 Å². The van der Waals surface area contributed by atoms with Crippen LogP contribution in [0.25, 0.3) is 10.2 Å². The molecule has 0 aliphatic rings. The first-order chi connectivity index (χ1) is 10.3. The summed E-state index contributed by atoms with van der Waals surface area (Å²) < 4.78 is 6.40. The fraction of sp³-hybridized carbons (Fsp3) is 0.176. The van der Waals surface area contributed by atoms with Crippen LogP contribution >= 0.6 is 11.3 Å². The van der Waals surface area contributed by atoms with Crippen molar-refractivity contribution in [2.24, 2.45) is 0 Å². The molecule has 0 amide bonds. The number of methoxy groups -OCH3 is 1. The number of Topliss-reactive ketones (excluding diaryl/α,β-unsaturated/α-hetero) is 1. The summed E-state index contributed by atoms with van der Waals surface area (Å²) in [5, 5.41) is 0.871.